The largest absolute Gasteiger partial charge is 0.474 e. The van der Waals surface area contributed by atoms with Crippen molar-refractivity contribution in [3.8, 4) is 5.88 Å². The van der Waals surface area contributed by atoms with Gasteiger partial charge in [0.05, 0.1) is 24.1 Å². The summed E-state index contributed by atoms with van der Waals surface area (Å²) in [5.41, 5.74) is 0.954. The van der Waals surface area contributed by atoms with Crippen molar-refractivity contribution in [2.75, 3.05) is 31.2 Å². The van der Waals surface area contributed by atoms with Gasteiger partial charge in [0.15, 0.2) is 0 Å². The molecule has 3 heterocycles. The van der Waals surface area contributed by atoms with Crippen molar-refractivity contribution < 1.29 is 9.47 Å². The van der Waals surface area contributed by atoms with Gasteiger partial charge in [-0.1, -0.05) is 6.42 Å². The maximum atomic E-state index is 6.29. The van der Waals surface area contributed by atoms with Gasteiger partial charge in [0, 0.05) is 25.4 Å². The fraction of sp³-hybridized carbons (Fsp3) is 0.556. The lowest BCUT2D eigenvalue weighted by Crippen LogP contribution is -2.36. The number of hydrogen-bond donors (Lipinski definition) is 0. The van der Waals surface area contributed by atoms with Crippen molar-refractivity contribution in [1.82, 2.24) is 9.97 Å². The Morgan fingerprint density at radius 2 is 1.96 bits per heavy atom. The van der Waals surface area contributed by atoms with Crippen LogP contribution in [0.5, 0.6) is 5.88 Å². The van der Waals surface area contributed by atoms with E-state index in [1.165, 1.54) is 19.3 Å². The van der Waals surface area contributed by atoms with E-state index in [-0.39, 0.29) is 0 Å². The number of morpholine rings is 1. The molecule has 0 spiro atoms. The number of nitrogens with zero attached hydrogens (tertiary/aromatic N) is 3. The number of hydrogen-bond acceptors (Lipinski definition) is 5. The molecular weight excluding hydrogens is 290 g/mol. The van der Waals surface area contributed by atoms with Crippen molar-refractivity contribution in [1.29, 1.82) is 0 Å². The van der Waals surface area contributed by atoms with Crippen LogP contribution in [0.15, 0.2) is 24.4 Å². The highest BCUT2D eigenvalue weighted by molar-refractivity contribution is 5.85. The van der Waals surface area contributed by atoms with E-state index >= 15 is 0 Å². The molecule has 1 aliphatic carbocycles. The Hall–Kier alpha value is -1.88. The molecule has 2 fully saturated rings. The first-order chi connectivity index (χ1) is 11.4. The van der Waals surface area contributed by atoms with Gasteiger partial charge in [-0.05, 0) is 37.8 Å². The van der Waals surface area contributed by atoms with Crippen molar-refractivity contribution in [3.63, 3.8) is 0 Å². The minimum absolute atomic E-state index is 0.291. The standard InChI is InChI=1S/C18H23N3O2/c1-2-5-14(6-3-1)23-18-15-7-4-8-19-16(15)13-17(20-18)21-9-11-22-12-10-21/h4,7-8,13-14H,1-3,5-6,9-12H2. The van der Waals surface area contributed by atoms with Crippen LogP contribution in [0.4, 0.5) is 5.82 Å². The summed E-state index contributed by atoms with van der Waals surface area (Å²) in [5.74, 6) is 1.69. The molecule has 0 aromatic carbocycles. The quantitative estimate of drug-likeness (QED) is 0.871. The van der Waals surface area contributed by atoms with Crippen molar-refractivity contribution in [2.24, 2.45) is 0 Å². The van der Waals surface area contributed by atoms with E-state index < -0.39 is 0 Å². The zero-order valence-corrected chi connectivity index (χ0v) is 13.4. The molecule has 23 heavy (non-hydrogen) atoms. The molecule has 2 aromatic rings. The lowest BCUT2D eigenvalue weighted by molar-refractivity contribution is 0.122. The number of aromatic nitrogens is 2. The molecule has 5 heteroatoms. The van der Waals surface area contributed by atoms with Gasteiger partial charge in [0.25, 0.3) is 0 Å². The summed E-state index contributed by atoms with van der Waals surface area (Å²) in [6, 6.07) is 6.07. The molecule has 1 saturated heterocycles. The Kier molecular flexibility index (Phi) is 4.28. The van der Waals surface area contributed by atoms with Gasteiger partial charge in [-0.25, -0.2) is 0 Å². The Balaban J connectivity index is 1.68. The molecular formula is C18H23N3O2. The van der Waals surface area contributed by atoms with Gasteiger partial charge in [0.1, 0.15) is 11.9 Å². The van der Waals surface area contributed by atoms with Gasteiger partial charge in [-0.3, -0.25) is 4.98 Å². The summed E-state index contributed by atoms with van der Waals surface area (Å²) in [5, 5.41) is 1.01. The molecule has 0 unspecified atom stereocenters. The topological polar surface area (TPSA) is 47.5 Å². The molecule has 2 aliphatic rings. The normalized spacial score (nSPS) is 19.9. The van der Waals surface area contributed by atoms with Crippen molar-refractivity contribution >= 4 is 16.7 Å². The molecule has 1 saturated carbocycles. The number of fused-ring (bicyclic) bond motifs is 1. The van der Waals surface area contributed by atoms with Crippen molar-refractivity contribution in [2.45, 2.75) is 38.2 Å². The van der Waals surface area contributed by atoms with E-state index in [1.807, 2.05) is 12.3 Å². The third kappa shape index (κ3) is 3.24. The van der Waals surface area contributed by atoms with Gasteiger partial charge in [-0.15, -0.1) is 0 Å². The van der Waals surface area contributed by atoms with Crippen LogP contribution in [0, 0.1) is 0 Å². The second kappa shape index (κ2) is 6.71. The average molecular weight is 313 g/mol. The van der Waals surface area contributed by atoms with Crippen LogP contribution in [0.1, 0.15) is 32.1 Å². The zero-order valence-electron chi connectivity index (χ0n) is 13.4. The van der Waals surface area contributed by atoms with E-state index in [1.54, 1.807) is 0 Å². The van der Waals surface area contributed by atoms with E-state index in [9.17, 15) is 0 Å². The van der Waals surface area contributed by atoms with Crippen LogP contribution < -0.4 is 9.64 Å². The van der Waals surface area contributed by atoms with E-state index in [0.29, 0.717) is 6.10 Å². The monoisotopic (exact) mass is 313 g/mol. The second-order valence-corrected chi connectivity index (χ2v) is 6.33. The number of pyridine rings is 2. The third-order valence-electron chi connectivity index (χ3n) is 4.72. The third-order valence-corrected chi connectivity index (χ3v) is 4.72. The first-order valence-corrected chi connectivity index (χ1v) is 8.65. The molecule has 0 amide bonds. The van der Waals surface area contributed by atoms with Crippen LogP contribution in [0.25, 0.3) is 10.9 Å². The van der Waals surface area contributed by atoms with Crippen molar-refractivity contribution in [3.05, 3.63) is 24.4 Å². The summed E-state index contributed by atoms with van der Waals surface area (Å²) >= 11 is 0. The average Bonchev–Trinajstić information content (AvgIpc) is 2.63. The number of rotatable bonds is 3. The maximum absolute atomic E-state index is 6.29. The summed E-state index contributed by atoms with van der Waals surface area (Å²) in [6.45, 7) is 3.24. The Bertz CT molecular complexity index is 664. The fourth-order valence-corrected chi connectivity index (χ4v) is 3.42. The Morgan fingerprint density at radius 3 is 2.78 bits per heavy atom. The SMILES string of the molecule is c1cnc2cc(N3CCOCC3)nc(OC3CCCCC3)c2c1. The molecule has 0 radical (unpaired) electrons. The summed E-state index contributed by atoms with van der Waals surface area (Å²) in [6.07, 6.45) is 8.21. The number of ether oxygens (including phenoxy) is 2. The van der Waals surface area contributed by atoms with E-state index in [0.717, 1.165) is 61.7 Å². The molecule has 0 N–H and O–H groups in total. The maximum Gasteiger partial charge on any atom is 0.225 e. The van der Waals surface area contributed by atoms with Crippen LogP contribution in [0.3, 0.4) is 0 Å². The summed E-state index contributed by atoms with van der Waals surface area (Å²) in [4.78, 5) is 11.6. The lowest BCUT2D eigenvalue weighted by Gasteiger charge is -2.29. The van der Waals surface area contributed by atoms with Crippen LogP contribution >= 0.6 is 0 Å². The van der Waals surface area contributed by atoms with Gasteiger partial charge in [0.2, 0.25) is 5.88 Å². The number of anilines is 1. The van der Waals surface area contributed by atoms with E-state index in [2.05, 4.69) is 22.0 Å². The predicted molar refractivity (Wildman–Crippen MR) is 90.1 cm³/mol. The first-order valence-electron chi connectivity index (χ1n) is 8.65. The molecule has 1 aliphatic heterocycles. The molecule has 5 nitrogen and oxygen atoms in total. The minimum Gasteiger partial charge on any atom is -0.474 e. The molecule has 0 atom stereocenters. The van der Waals surface area contributed by atoms with Gasteiger partial charge < -0.3 is 14.4 Å². The van der Waals surface area contributed by atoms with E-state index in [4.69, 9.17) is 14.5 Å². The molecule has 122 valence electrons. The Labute approximate surface area is 136 Å². The molecule has 4 rings (SSSR count). The summed E-state index contributed by atoms with van der Waals surface area (Å²) in [7, 11) is 0. The second-order valence-electron chi connectivity index (χ2n) is 6.33. The highest BCUT2D eigenvalue weighted by Crippen LogP contribution is 2.30. The first kappa shape index (κ1) is 14.7. The fourth-order valence-electron chi connectivity index (χ4n) is 3.42. The molecule has 0 bridgehead atoms. The highest BCUT2D eigenvalue weighted by atomic mass is 16.5. The molecule has 2 aromatic heterocycles. The summed E-state index contributed by atoms with van der Waals surface area (Å²) < 4.78 is 11.7. The smallest absolute Gasteiger partial charge is 0.225 e. The van der Waals surface area contributed by atoms with Crippen LogP contribution in [0.2, 0.25) is 0 Å². The Morgan fingerprint density at radius 1 is 1.13 bits per heavy atom. The van der Waals surface area contributed by atoms with Crippen LogP contribution in [-0.4, -0.2) is 42.4 Å². The van der Waals surface area contributed by atoms with Gasteiger partial charge in [-0.2, -0.15) is 4.98 Å². The lowest BCUT2D eigenvalue weighted by atomic mass is 9.98. The van der Waals surface area contributed by atoms with Crippen LogP contribution in [-0.2, 0) is 4.74 Å². The predicted octanol–water partition coefficient (Wildman–Crippen LogP) is 3.18. The van der Waals surface area contributed by atoms with Gasteiger partial charge >= 0.3 is 0 Å². The highest BCUT2D eigenvalue weighted by Gasteiger charge is 2.20. The zero-order chi connectivity index (χ0) is 15.5. The minimum atomic E-state index is 0.291.